The summed E-state index contributed by atoms with van der Waals surface area (Å²) in [6.07, 6.45) is 0. The van der Waals surface area contributed by atoms with Crippen LogP contribution in [0.3, 0.4) is 0 Å². The summed E-state index contributed by atoms with van der Waals surface area (Å²) in [5, 5.41) is 0. The van der Waals surface area contributed by atoms with E-state index >= 15 is 0 Å². The second kappa shape index (κ2) is 3.53. The molecule has 0 aromatic heterocycles. The molecule has 4 nitrogen and oxygen atoms in total. The number of hydrogen-bond acceptors (Lipinski definition) is 4. The molecule has 0 fully saturated rings. The van der Waals surface area contributed by atoms with E-state index in [-0.39, 0.29) is 6.61 Å². The van der Waals surface area contributed by atoms with Gasteiger partial charge in [-0.15, -0.1) is 0 Å². The molecule has 2 N–H and O–H groups in total. The molecule has 0 aliphatic carbocycles. The number of carbonyl (C=O) groups is 1. The van der Waals surface area contributed by atoms with E-state index in [2.05, 4.69) is 4.74 Å². The standard InChI is InChI=1S/C6H13NO3/c1-6(7,4-9-2)5(8)10-3/h4,7H2,1-3H3/t6-/m0/s1. The normalized spacial score (nSPS) is 16.0. The highest BCUT2D eigenvalue weighted by atomic mass is 16.5. The van der Waals surface area contributed by atoms with Gasteiger partial charge >= 0.3 is 5.97 Å². The van der Waals surface area contributed by atoms with Crippen LogP contribution in [0.4, 0.5) is 0 Å². The Morgan fingerprint density at radius 3 is 2.40 bits per heavy atom. The average molecular weight is 147 g/mol. The molecule has 0 amide bonds. The summed E-state index contributed by atoms with van der Waals surface area (Å²) in [6, 6.07) is 0. The van der Waals surface area contributed by atoms with Gasteiger partial charge in [0.05, 0.1) is 13.7 Å². The molecule has 10 heavy (non-hydrogen) atoms. The van der Waals surface area contributed by atoms with E-state index in [1.807, 2.05) is 0 Å². The van der Waals surface area contributed by atoms with Crippen LogP contribution < -0.4 is 5.73 Å². The first-order valence-corrected chi connectivity index (χ1v) is 2.91. The van der Waals surface area contributed by atoms with E-state index in [1.54, 1.807) is 6.92 Å². The SMILES string of the molecule is COC[C@](C)(N)C(=O)OC. The molecule has 0 bridgehead atoms. The van der Waals surface area contributed by atoms with Crippen LogP contribution in [0.5, 0.6) is 0 Å². The van der Waals surface area contributed by atoms with E-state index < -0.39 is 11.5 Å². The van der Waals surface area contributed by atoms with Gasteiger partial charge < -0.3 is 15.2 Å². The van der Waals surface area contributed by atoms with Gasteiger partial charge in [-0.3, -0.25) is 0 Å². The first-order valence-electron chi connectivity index (χ1n) is 2.91. The first kappa shape index (κ1) is 9.39. The minimum atomic E-state index is -1.02. The molecular weight excluding hydrogens is 134 g/mol. The van der Waals surface area contributed by atoms with Gasteiger partial charge in [0.1, 0.15) is 5.54 Å². The quantitative estimate of drug-likeness (QED) is 0.548. The molecule has 0 heterocycles. The molecule has 1 atom stereocenters. The minimum absolute atomic E-state index is 0.166. The number of rotatable bonds is 3. The van der Waals surface area contributed by atoms with Crippen molar-refractivity contribution in [2.24, 2.45) is 5.73 Å². The fraction of sp³-hybridized carbons (Fsp3) is 0.833. The summed E-state index contributed by atoms with van der Waals surface area (Å²) in [7, 11) is 2.77. The molecule has 60 valence electrons. The lowest BCUT2D eigenvalue weighted by molar-refractivity contribution is -0.148. The van der Waals surface area contributed by atoms with Crippen LogP contribution in [0.1, 0.15) is 6.92 Å². The molecule has 0 unspecified atom stereocenters. The van der Waals surface area contributed by atoms with Gasteiger partial charge in [-0.2, -0.15) is 0 Å². The number of carbonyl (C=O) groups excluding carboxylic acids is 1. The molecule has 0 saturated heterocycles. The van der Waals surface area contributed by atoms with Gasteiger partial charge in [0.15, 0.2) is 0 Å². The Hall–Kier alpha value is -0.610. The van der Waals surface area contributed by atoms with Gasteiger partial charge in [0, 0.05) is 7.11 Å². The summed E-state index contributed by atoms with van der Waals surface area (Å²) in [5.41, 5.74) is 4.46. The third-order valence-electron chi connectivity index (χ3n) is 1.10. The van der Waals surface area contributed by atoms with E-state index in [0.29, 0.717) is 0 Å². The topological polar surface area (TPSA) is 61.5 Å². The van der Waals surface area contributed by atoms with Crippen molar-refractivity contribution in [3.63, 3.8) is 0 Å². The molecule has 0 spiro atoms. The lowest BCUT2D eigenvalue weighted by atomic mass is 10.1. The highest BCUT2D eigenvalue weighted by molar-refractivity contribution is 5.80. The van der Waals surface area contributed by atoms with Crippen molar-refractivity contribution in [3.8, 4) is 0 Å². The van der Waals surface area contributed by atoms with Crippen LogP contribution in [-0.2, 0) is 14.3 Å². The van der Waals surface area contributed by atoms with Gasteiger partial charge in [0.25, 0.3) is 0 Å². The Bertz CT molecular complexity index is 122. The molecule has 0 aliphatic heterocycles. The molecular formula is C6H13NO3. The van der Waals surface area contributed by atoms with E-state index in [1.165, 1.54) is 14.2 Å². The number of esters is 1. The Morgan fingerprint density at radius 1 is 1.60 bits per heavy atom. The molecule has 0 radical (unpaired) electrons. The summed E-state index contributed by atoms with van der Waals surface area (Å²) >= 11 is 0. The fourth-order valence-electron chi connectivity index (χ4n) is 0.592. The number of ether oxygens (including phenoxy) is 2. The maximum atomic E-state index is 10.8. The average Bonchev–Trinajstić information content (AvgIpc) is 1.86. The molecule has 0 saturated carbocycles. The van der Waals surface area contributed by atoms with Crippen LogP contribution in [0.15, 0.2) is 0 Å². The van der Waals surface area contributed by atoms with Crippen molar-refractivity contribution in [2.45, 2.75) is 12.5 Å². The van der Waals surface area contributed by atoms with Crippen LogP contribution in [0.2, 0.25) is 0 Å². The zero-order chi connectivity index (χ0) is 8.20. The largest absolute Gasteiger partial charge is 0.468 e. The lowest BCUT2D eigenvalue weighted by Crippen LogP contribution is -2.49. The lowest BCUT2D eigenvalue weighted by Gasteiger charge is -2.19. The second-order valence-corrected chi connectivity index (χ2v) is 2.34. The van der Waals surface area contributed by atoms with Gasteiger partial charge in [-0.25, -0.2) is 4.79 Å². The zero-order valence-electron chi connectivity index (χ0n) is 6.51. The molecule has 4 heteroatoms. The highest BCUT2D eigenvalue weighted by Crippen LogP contribution is 2.00. The van der Waals surface area contributed by atoms with Gasteiger partial charge in [-0.1, -0.05) is 0 Å². The number of methoxy groups -OCH3 is 2. The van der Waals surface area contributed by atoms with Crippen molar-refractivity contribution in [2.75, 3.05) is 20.8 Å². The van der Waals surface area contributed by atoms with Crippen LogP contribution >= 0.6 is 0 Å². The Kier molecular flexibility index (Phi) is 3.32. The Balaban J connectivity index is 3.96. The summed E-state index contributed by atoms with van der Waals surface area (Å²) in [6.45, 7) is 1.72. The molecule has 0 aliphatic rings. The second-order valence-electron chi connectivity index (χ2n) is 2.34. The molecule has 0 aromatic carbocycles. The van der Waals surface area contributed by atoms with Crippen molar-refractivity contribution < 1.29 is 14.3 Å². The smallest absolute Gasteiger partial charge is 0.327 e. The first-order chi connectivity index (χ1) is 4.54. The fourth-order valence-corrected chi connectivity index (χ4v) is 0.592. The molecule has 0 aromatic rings. The summed E-state index contributed by atoms with van der Waals surface area (Å²) in [4.78, 5) is 10.8. The van der Waals surface area contributed by atoms with E-state index in [0.717, 1.165) is 0 Å². The van der Waals surface area contributed by atoms with Crippen molar-refractivity contribution in [3.05, 3.63) is 0 Å². The predicted molar refractivity (Wildman–Crippen MR) is 36.5 cm³/mol. The summed E-state index contributed by atoms with van der Waals surface area (Å²) in [5.74, 6) is -0.464. The van der Waals surface area contributed by atoms with Crippen molar-refractivity contribution >= 4 is 5.97 Å². The van der Waals surface area contributed by atoms with E-state index in [4.69, 9.17) is 10.5 Å². The van der Waals surface area contributed by atoms with Crippen LogP contribution in [-0.4, -0.2) is 32.3 Å². The monoisotopic (exact) mass is 147 g/mol. The third-order valence-corrected chi connectivity index (χ3v) is 1.10. The predicted octanol–water partition coefficient (Wildman–Crippen LogP) is -0.477. The number of hydrogen-bond donors (Lipinski definition) is 1. The number of nitrogens with two attached hydrogens (primary N) is 1. The minimum Gasteiger partial charge on any atom is -0.468 e. The Labute approximate surface area is 60.3 Å². The maximum Gasteiger partial charge on any atom is 0.327 e. The molecule has 0 rings (SSSR count). The third kappa shape index (κ3) is 2.33. The van der Waals surface area contributed by atoms with Crippen LogP contribution in [0, 0.1) is 0 Å². The van der Waals surface area contributed by atoms with Gasteiger partial charge in [-0.05, 0) is 6.92 Å². The van der Waals surface area contributed by atoms with Crippen LogP contribution in [0.25, 0.3) is 0 Å². The van der Waals surface area contributed by atoms with E-state index in [9.17, 15) is 4.79 Å². The maximum absolute atomic E-state index is 10.8. The van der Waals surface area contributed by atoms with Crippen molar-refractivity contribution in [1.82, 2.24) is 0 Å². The Morgan fingerprint density at radius 2 is 2.10 bits per heavy atom. The summed E-state index contributed by atoms with van der Waals surface area (Å²) < 4.78 is 9.13. The zero-order valence-corrected chi connectivity index (χ0v) is 6.51. The highest BCUT2D eigenvalue weighted by Gasteiger charge is 2.28. The van der Waals surface area contributed by atoms with Gasteiger partial charge in [0.2, 0.25) is 0 Å². The van der Waals surface area contributed by atoms with Crippen molar-refractivity contribution in [1.29, 1.82) is 0 Å².